The summed E-state index contributed by atoms with van der Waals surface area (Å²) in [5.41, 5.74) is 2.14. The summed E-state index contributed by atoms with van der Waals surface area (Å²) in [4.78, 5) is 24.3. The number of methoxy groups -OCH3 is 1. The van der Waals surface area contributed by atoms with Crippen molar-refractivity contribution in [3.05, 3.63) is 77.9 Å². The van der Waals surface area contributed by atoms with Gasteiger partial charge in [-0.1, -0.05) is 12.1 Å². The van der Waals surface area contributed by atoms with E-state index >= 15 is 0 Å². The second kappa shape index (κ2) is 9.56. The molecule has 0 unspecified atom stereocenters. The molecule has 1 N–H and O–H groups in total. The number of nitrogens with one attached hydrogen (secondary N) is 1. The molecule has 0 saturated carbocycles. The highest BCUT2D eigenvalue weighted by Crippen LogP contribution is 2.34. The molecule has 34 heavy (non-hydrogen) atoms. The predicted octanol–water partition coefficient (Wildman–Crippen LogP) is 4.01. The molecule has 1 aliphatic heterocycles. The number of sulfonamides is 1. The van der Waals surface area contributed by atoms with E-state index in [1.54, 1.807) is 54.6 Å². The molecule has 0 aliphatic carbocycles. The maximum Gasteiger partial charge on any atom is 0.308 e. The van der Waals surface area contributed by atoms with Crippen molar-refractivity contribution in [2.75, 3.05) is 23.3 Å². The SMILES string of the molecule is COc1ccc(S(=O)(=O)N2CCCc3cc(NC(=O)c4ccccc4OC(C)=O)ccc32)cc1. The Bertz CT molecular complexity index is 1340. The number of benzene rings is 3. The zero-order valence-electron chi connectivity index (χ0n) is 18.8. The van der Waals surface area contributed by atoms with Crippen molar-refractivity contribution >= 4 is 33.3 Å². The summed E-state index contributed by atoms with van der Waals surface area (Å²) in [6.45, 7) is 1.63. The van der Waals surface area contributed by atoms with Crippen LogP contribution in [0.1, 0.15) is 29.3 Å². The van der Waals surface area contributed by atoms with Gasteiger partial charge in [0.1, 0.15) is 11.5 Å². The van der Waals surface area contributed by atoms with Crippen LogP contribution in [0.5, 0.6) is 11.5 Å². The largest absolute Gasteiger partial charge is 0.497 e. The van der Waals surface area contributed by atoms with Crippen LogP contribution in [0.25, 0.3) is 0 Å². The second-order valence-electron chi connectivity index (χ2n) is 7.74. The summed E-state index contributed by atoms with van der Waals surface area (Å²) >= 11 is 0. The number of aryl methyl sites for hydroxylation is 1. The van der Waals surface area contributed by atoms with Crippen LogP contribution in [-0.2, 0) is 21.2 Å². The molecule has 1 amide bonds. The van der Waals surface area contributed by atoms with Gasteiger partial charge in [0.15, 0.2) is 0 Å². The van der Waals surface area contributed by atoms with E-state index in [1.807, 2.05) is 0 Å². The van der Waals surface area contributed by atoms with E-state index in [0.29, 0.717) is 36.5 Å². The van der Waals surface area contributed by atoms with Gasteiger partial charge < -0.3 is 14.8 Å². The van der Waals surface area contributed by atoms with Crippen molar-refractivity contribution in [2.45, 2.75) is 24.7 Å². The smallest absolute Gasteiger partial charge is 0.308 e. The Morgan fingerprint density at radius 2 is 1.74 bits per heavy atom. The molecule has 0 atom stereocenters. The van der Waals surface area contributed by atoms with Gasteiger partial charge in [0.05, 0.1) is 23.3 Å². The third kappa shape index (κ3) is 4.74. The molecule has 9 heteroatoms. The van der Waals surface area contributed by atoms with E-state index in [4.69, 9.17) is 9.47 Å². The minimum Gasteiger partial charge on any atom is -0.497 e. The third-order valence-corrected chi connectivity index (χ3v) is 7.27. The monoisotopic (exact) mass is 480 g/mol. The van der Waals surface area contributed by atoms with Gasteiger partial charge in [-0.2, -0.15) is 0 Å². The number of nitrogens with zero attached hydrogens (tertiary/aromatic N) is 1. The molecular weight excluding hydrogens is 456 g/mol. The Hall–Kier alpha value is -3.85. The first-order valence-corrected chi connectivity index (χ1v) is 12.1. The number of esters is 1. The van der Waals surface area contributed by atoms with Crippen molar-refractivity contribution in [3.63, 3.8) is 0 Å². The average molecular weight is 481 g/mol. The first-order valence-electron chi connectivity index (χ1n) is 10.7. The average Bonchev–Trinajstić information content (AvgIpc) is 2.83. The molecule has 176 valence electrons. The van der Waals surface area contributed by atoms with Gasteiger partial charge >= 0.3 is 5.97 Å². The van der Waals surface area contributed by atoms with Crippen LogP contribution in [-0.4, -0.2) is 33.9 Å². The summed E-state index contributed by atoms with van der Waals surface area (Å²) in [7, 11) is -2.23. The highest BCUT2D eigenvalue weighted by molar-refractivity contribution is 7.92. The summed E-state index contributed by atoms with van der Waals surface area (Å²) < 4.78 is 38.2. The molecule has 4 rings (SSSR count). The number of carbonyl (C=O) groups is 2. The van der Waals surface area contributed by atoms with Gasteiger partial charge in [0.25, 0.3) is 15.9 Å². The molecule has 0 fully saturated rings. The lowest BCUT2D eigenvalue weighted by molar-refractivity contribution is -0.131. The number of amides is 1. The first kappa shape index (κ1) is 23.3. The van der Waals surface area contributed by atoms with Crippen LogP contribution in [0.4, 0.5) is 11.4 Å². The van der Waals surface area contributed by atoms with Gasteiger partial charge in [0.2, 0.25) is 0 Å². The van der Waals surface area contributed by atoms with E-state index in [2.05, 4.69) is 5.32 Å². The number of anilines is 2. The highest BCUT2D eigenvalue weighted by atomic mass is 32.2. The normalized spacial score (nSPS) is 13.1. The zero-order chi connectivity index (χ0) is 24.3. The summed E-state index contributed by atoms with van der Waals surface area (Å²) in [6, 6.07) is 17.9. The van der Waals surface area contributed by atoms with E-state index in [1.165, 1.54) is 30.5 Å². The van der Waals surface area contributed by atoms with Crippen molar-refractivity contribution in [3.8, 4) is 11.5 Å². The minimum atomic E-state index is -3.75. The number of carbonyl (C=O) groups excluding carboxylic acids is 2. The fourth-order valence-electron chi connectivity index (χ4n) is 3.86. The minimum absolute atomic E-state index is 0.169. The highest BCUT2D eigenvalue weighted by Gasteiger charge is 2.29. The molecule has 3 aromatic rings. The Kier molecular flexibility index (Phi) is 6.56. The quantitative estimate of drug-likeness (QED) is 0.422. The van der Waals surface area contributed by atoms with Gasteiger partial charge in [0, 0.05) is 19.2 Å². The molecule has 0 bridgehead atoms. The molecule has 1 aliphatic rings. The molecule has 3 aromatic carbocycles. The van der Waals surface area contributed by atoms with Crippen LogP contribution < -0.4 is 19.1 Å². The van der Waals surface area contributed by atoms with E-state index in [9.17, 15) is 18.0 Å². The molecule has 0 radical (unpaired) electrons. The number of ether oxygens (including phenoxy) is 2. The van der Waals surface area contributed by atoms with Crippen molar-refractivity contribution < 1.29 is 27.5 Å². The summed E-state index contributed by atoms with van der Waals surface area (Å²) in [5, 5.41) is 2.81. The Morgan fingerprint density at radius 1 is 1.00 bits per heavy atom. The lowest BCUT2D eigenvalue weighted by Crippen LogP contribution is -2.35. The van der Waals surface area contributed by atoms with E-state index in [0.717, 1.165) is 5.56 Å². The number of rotatable bonds is 6. The topological polar surface area (TPSA) is 102 Å². The number of hydrogen-bond donors (Lipinski definition) is 1. The van der Waals surface area contributed by atoms with Gasteiger partial charge in [-0.05, 0) is 73.0 Å². The Labute approximate surface area is 198 Å². The van der Waals surface area contributed by atoms with Crippen LogP contribution in [0, 0.1) is 0 Å². The van der Waals surface area contributed by atoms with Crippen molar-refractivity contribution in [1.82, 2.24) is 0 Å². The lowest BCUT2D eigenvalue weighted by atomic mass is 10.0. The molecular formula is C25H24N2O6S. The first-order chi connectivity index (χ1) is 16.3. The summed E-state index contributed by atoms with van der Waals surface area (Å²) in [6.07, 6.45) is 1.33. The fourth-order valence-corrected chi connectivity index (χ4v) is 5.40. The van der Waals surface area contributed by atoms with E-state index in [-0.39, 0.29) is 16.2 Å². The lowest BCUT2D eigenvalue weighted by Gasteiger charge is -2.31. The van der Waals surface area contributed by atoms with Gasteiger partial charge in [-0.15, -0.1) is 0 Å². The molecule has 1 heterocycles. The van der Waals surface area contributed by atoms with Crippen molar-refractivity contribution in [1.29, 1.82) is 0 Å². The Morgan fingerprint density at radius 3 is 2.44 bits per heavy atom. The van der Waals surface area contributed by atoms with Crippen LogP contribution in [0.3, 0.4) is 0 Å². The fraction of sp³-hybridized carbons (Fsp3) is 0.200. The van der Waals surface area contributed by atoms with Crippen LogP contribution >= 0.6 is 0 Å². The van der Waals surface area contributed by atoms with Crippen LogP contribution in [0.15, 0.2) is 71.6 Å². The van der Waals surface area contributed by atoms with E-state index < -0.39 is 21.9 Å². The molecule has 0 saturated heterocycles. The maximum absolute atomic E-state index is 13.3. The predicted molar refractivity (Wildman–Crippen MR) is 128 cm³/mol. The number of hydrogen-bond acceptors (Lipinski definition) is 6. The van der Waals surface area contributed by atoms with Crippen molar-refractivity contribution in [2.24, 2.45) is 0 Å². The number of fused-ring (bicyclic) bond motifs is 1. The number of para-hydroxylation sites is 1. The Balaban J connectivity index is 1.59. The van der Waals surface area contributed by atoms with Gasteiger partial charge in [-0.25, -0.2) is 8.42 Å². The molecule has 8 nitrogen and oxygen atoms in total. The van der Waals surface area contributed by atoms with Crippen LogP contribution in [0.2, 0.25) is 0 Å². The standard InChI is InChI=1S/C25H24N2O6S/c1-17(28)33-24-8-4-3-7-22(24)25(29)26-19-9-14-23-18(16-19)6-5-15-27(23)34(30,31)21-12-10-20(32-2)11-13-21/h3-4,7-14,16H,5-6,15H2,1-2H3,(H,26,29). The molecule has 0 spiro atoms. The van der Waals surface area contributed by atoms with Gasteiger partial charge in [-0.3, -0.25) is 13.9 Å². The summed E-state index contributed by atoms with van der Waals surface area (Å²) in [5.74, 6) is -0.210. The zero-order valence-corrected chi connectivity index (χ0v) is 19.6. The second-order valence-corrected chi connectivity index (χ2v) is 9.61. The molecule has 0 aromatic heterocycles. The maximum atomic E-state index is 13.3. The third-order valence-electron chi connectivity index (χ3n) is 5.45.